The molecule has 0 spiro atoms. The third kappa shape index (κ3) is 3.80. The van der Waals surface area contributed by atoms with Gasteiger partial charge in [-0.1, -0.05) is 23.7 Å². The first-order valence-corrected chi connectivity index (χ1v) is 7.06. The van der Waals surface area contributed by atoms with E-state index in [-0.39, 0.29) is 5.91 Å². The molecule has 0 aliphatic rings. The molecular formula is C17H17ClN2O2. The van der Waals surface area contributed by atoms with Crippen molar-refractivity contribution in [2.24, 2.45) is 0 Å². The number of benzene rings is 2. The van der Waals surface area contributed by atoms with Gasteiger partial charge in [-0.05, 0) is 48.4 Å². The molecule has 0 aliphatic carbocycles. The maximum Gasteiger partial charge on any atom is 0.248 e. The van der Waals surface area contributed by atoms with Crippen molar-refractivity contribution in [3.05, 3.63) is 58.6 Å². The Morgan fingerprint density at radius 2 is 2.09 bits per heavy atom. The summed E-state index contributed by atoms with van der Waals surface area (Å²) in [6, 6.07) is 10.7. The highest BCUT2D eigenvalue weighted by atomic mass is 35.5. The Bertz CT molecular complexity index is 727. The summed E-state index contributed by atoms with van der Waals surface area (Å²) in [6.07, 6.45) is 3.13. The van der Waals surface area contributed by atoms with Crippen molar-refractivity contribution in [1.82, 2.24) is 0 Å². The van der Waals surface area contributed by atoms with Gasteiger partial charge >= 0.3 is 0 Å². The molecule has 114 valence electrons. The van der Waals surface area contributed by atoms with Crippen molar-refractivity contribution in [1.29, 1.82) is 0 Å². The lowest BCUT2D eigenvalue weighted by molar-refractivity contribution is -0.111. The molecule has 2 aromatic carbocycles. The van der Waals surface area contributed by atoms with E-state index in [1.807, 2.05) is 13.0 Å². The van der Waals surface area contributed by atoms with E-state index in [4.69, 9.17) is 22.1 Å². The van der Waals surface area contributed by atoms with E-state index in [1.165, 1.54) is 6.08 Å². The number of nitrogen functional groups attached to an aromatic ring is 1. The molecule has 0 unspecified atom stereocenters. The third-order valence-electron chi connectivity index (χ3n) is 3.21. The highest BCUT2D eigenvalue weighted by Crippen LogP contribution is 2.24. The predicted molar refractivity (Wildman–Crippen MR) is 91.3 cm³/mol. The third-order valence-corrected chi connectivity index (χ3v) is 3.62. The Kier molecular flexibility index (Phi) is 5.07. The Balaban J connectivity index is 2.08. The first-order chi connectivity index (χ1) is 10.5. The van der Waals surface area contributed by atoms with Gasteiger partial charge in [-0.15, -0.1) is 0 Å². The summed E-state index contributed by atoms with van der Waals surface area (Å²) in [5.41, 5.74) is 8.69. The van der Waals surface area contributed by atoms with Crippen molar-refractivity contribution in [3.63, 3.8) is 0 Å². The topological polar surface area (TPSA) is 64.3 Å². The summed E-state index contributed by atoms with van der Waals surface area (Å²) < 4.78 is 5.09. The Hall–Kier alpha value is -2.46. The molecule has 0 fully saturated rings. The van der Waals surface area contributed by atoms with Crippen LogP contribution in [0.4, 0.5) is 11.4 Å². The zero-order chi connectivity index (χ0) is 16.1. The van der Waals surface area contributed by atoms with E-state index >= 15 is 0 Å². The fraction of sp³-hybridized carbons (Fsp3) is 0.118. The molecule has 0 saturated carbocycles. The van der Waals surface area contributed by atoms with E-state index < -0.39 is 0 Å². The number of hydrogen-bond acceptors (Lipinski definition) is 3. The van der Waals surface area contributed by atoms with Crippen molar-refractivity contribution < 1.29 is 9.53 Å². The minimum atomic E-state index is -0.236. The fourth-order valence-corrected chi connectivity index (χ4v) is 2.12. The molecule has 2 aromatic rings. The zero-order valence-electron chi connectivity index (χ0n) is 12.4. The maximum absolute atomic E-state index is 12.0. The summed E-state index contributed by atoms with van der Waals surface area (Å²) >= 11 is 6.02. The Morgan fingerprint density at radius 1 is 1.32 bits per heavy atom. The fourth-order valence-electron chi connectivity index (χ4n) is 1.95. The lowest BCUT2D eigenvalue weighted by atomic mass is 10.1. The summed E-state index contributed by atoms with van der Waals surface area (Å²) in [7, 11) is 1.56. The first kappa shape index (κ1) is 15.9. The van der Waals surface area contributed by atoms with Gasteiger partial charge < -0.3 is 15.8 Å². The van der Waals surface area contributed by atoms with Crippen LogP contribution in [0.25, 0.3) is 6.08 Å². The minimum absolute atomic E-state index is 0.236. The number of rotatable bonds is 4. The molecule has 0 bridgehead atoms. The second-order valence-electron chi connectivity index (χ2n) is 4.74. The molecule has 0 aromatic heterocycles. The van der Waals surface area contributed by atoms with E-state index in [9.17, 15) is 4.79 Å². The van der Waals surface area contributed by atoms with Gasteiger partial charge in [-0.25, -0.2) is 0 Å². The van der Waals surface area contributed by atoms with Crippen LogP contribution in [0.2, 0.25) is 5.02 Å². The monoisotopic (exact) mass is 316 g/mol. The normalized spacial score (nSPS) is 10.7. The number of carbonyl (C=O) groups is 1. The number of carbonyl (C=O) groups excluding carboxylic acids is 1. The molecule has 0 saturated heterocycles. The molecule has 1 amide bonds. The molecule has 5 heteroatoms. The summed E-state index contributed by atoms with van der Waals surface area (Å²) in [5.74, 6) is 0.371. The predicted octanol–water partition coefficient (Wildman–Crippen LogP) is 3.89. The maximum atomic E-state index is 12.0. The van der Waals surface area contributed by atoms with Crippen LogP contribution in [-0.4, -0.2) is 13.0 Å². The number of nitrogens with one attached hydrogen (secondary N) is 1. The molecule has 3 N–H and O–H groups in total. The van der Waals surface area contributed by atoms with Gasteiger partial charge in [0.15, 0.2) is 0 Å². The Labute approximate surface area is 134 Å². The highest BCUT2D eigenvalue weighted by molar-refractivity contribution is 6.31. The van der Waals surface area contributed by atoms with Crippen LogP contribution in [0.15, 0.2) is 42.5 Å². The molecular weight excluding hydrogens is 300 g/mol. The Morgan fingerprint density at radius 3 is 2.77 bits per heavy atom. The number of amides is 1. The number of anilines is 2. The summed E-state index contributed by atoms with van der Waals surface area (Å²) in [4.78, 5) is 12.0. The van der Waals surface area contributed by atoms with E-state index in [0.717, 1.165) is 11.1 Å². The second kappa shape index (κ2) is 7.00. The van der Waals surface area contributed by atoms with Gasteiger partial charge in [0.1, 0.15) is 5.75 Å². The van der Waals surface area contributed by atoms with Crippen LogP contribution < -0.4 is 15.8 Å². The smallest absolute Gasteiger partial charge is 0.248 e. The van der Waals surface area contributed by atoms with E-state index in [2.05, 4.69) is 5.32 Å². The SMILES string of the molecule is COc1ccc(/C=C\C(=O)Nc2cccc(Cl)c2C)cc1N. The zero-order valence-corrected chi connectivity index (χ0v) is 13.1. The van der Waals surface area contributed by atoms with Crippen LogP contribution in [-0.2, 0) is 4.79 Å². The number of methoxy groups -OCH3 is 1. The van der Waals surface area contributed by atoms with Gasteiger partial charge in [-0.3, -0.25) is 4.79 Å². The van der Waals surface area contributed by atoms with Crippen molar-refractivity contribution in [2.75, 3.05) is 18.2 Å². The molecule has 0 heterocycles. The quantitative estimate of drug-likeness (QED) is 0.664. The minimum Gasteiger partial charge on any atom is -0.495 e. The second-order valence-corrected chi connectivity index (χ2v) is 5.14. The lowest BCUT2D eigenvalue weighted by Gasteiger charge is -2.07. The lowest BCUT2D eigenvalue weighted by Crippen LogP contribution is -2.09. The van der Waals surface area contributed by atoms with Gasteiger partial charge in [0.2, 0.25) is 5.91 Å². The molecule has 4 nitrogen and oxygen atoms in total. The van der Waals surface area contributed by atoms with Gasteiger partial charge in [0.05, 0.1) is 12.8 Å². The van der Waals surface area contributed by atoms with Gasteiger partial charge in [0, 0.05) is 16.8 Å². The van der Waals surface area contributed by atoms with E-state index in [1.54, 1.807) is 43.5 Å². The summed E-state index contributed by atoms with van der Waals surface area (Å²) in [6.45, 7) is 1.85. The van der Waals surface area contributed by atoms with Crippen molar-refractivity contribution in [3.8, 4) is 5.75 Å². The van der Waals surface area contributed by atoms with Gasteiger partial charge in [0.25, 0.3) is 0 Å². The number of ether oxygens (including phenoxy) is 1. The largest absolute Gasteiger partial charge is 0.495 e. The molecule has 0 aliphatic heterocycles. The molecule has 0 atom stereocenters. The molecule has 0 radical (unpaired) electrons. The summed E-state index contributed by atoms with van der Waals surface area (Å²) in [5, 5.41) is 3.41. The van der Waals surface area contributed by atoms with Crippen LogP contribution in [0, 0.1) is 6.92 Å². The van der Waals surface area contributed by atoms with Crippen molar-refractivity contribution in [2.45, 2.75) is 6.92 Å². The number of nitrogens with two attached hydrogens (primary N) is 1. The highest BCUT2D eigenvalue weighted by Gasteiger charge is 2.04. The van der Waals surface area contributed by atoms with Crippen LogP contribution >= 0.6 is 11.6 Å². The number of halogens is 1. The van der Waals surface area contributed by atoms with Crippen molar-refractivity contribution >= 4 is 35.0 Å². The van der Waals surface area contributed by atoms with Crippen LogP contribution in [0.5, 0.6) is 5.75 Å². The van der Waals surface area contributed by atoms with Gasteiger partial charge in [-0.2, -0.15) is 0 Å². The molecule has 22 heavy (non-hydrogen) atoms. The van der Waals surface area contributed by atoms with Crippen LogP contribution in [0.1, 0.15) is 11.1 Å². The average Bonchev–Trinajstić information content (AvgIpc) is 2.50. The van der Waals surface area contributed by atoms with E-state index in [0.29, 0.717) is 22.1 Å². The van der Waals surface area contributed by atoms with Crippen LogP contribution in [0.3, 0.4) is 0 Å². The average molecular weight is 317 g/mol. The standard InChI is InChI=1S/C17H17ClN2O2/c1-11-13(18)4-3-5-15(11)20-17(21)9-7-12-6-8-16(22-2)14(19)10-12/h3-10H,19H2,1-2H3,(H,20,21)/b9-7-. The molecule has 2 rings (SSSR count). The number of hydrogen-bond donors (Lipinski definition) is 2. The first-order valence-electron chi connectivity index (χ1n) is 6.69.